The second-order valence-electron chi connectivity index (χ2n) is 4.47. The Hall–Kier alpha value is -1.69. The van der Waals surface area contributed by atoms with Gasteiger partial charge in [0, 0.05) is 20.1 Å². The van der Waals surface area contributed by atoms with Gasteiger partial charge in [0.05, 0.1) is 6.10 Å². The summed E-state index contributed by atoms with van der Waals surface area (Å²) in [5.74, 6) is 0.473. The molecule has 1 aliphatic rings. The average molecular weight is 236 g/mol. The number of nitrogens with zero attached hydrogens (tertiary/aromatic N) is 3. The highest BCUT2D eigenvalue weighted by atomic mass is 16.3. The normalized spacial score (nSPS) is 22.8. The third kappa shape index (κ3) is 2.71. The smallest absolute Gasteiger partial charge is 0.273 e. The molecule has 0 aliphatic heterocycles. The largest absolute Gasteiger partial charge is 0.393 e. The summed E-state index contributed by atoms with van der Waals surface area (Å²) in [6.07, 6.45) is 1.27. The first-order valence-corrected chi connectivity index (χ1v) is 5.56. The number of hydrogen-bond acceptors (Lipinski definition) is 5. The average Bonchev–Trinajstić information content (AvgIpc) is 2.27. The van der Waals surface area contributed by atoms with E-state index in [2.05, 4.69) is 15.5 Å². The maximum atomic E-state index is 11.6. The van der Waals surface area contributed by atoms with Gasteiger partial charge in [-0.3, -0.25) is 4.79 Å². The van der Waals surface area contributed by atoms with E-state index < -0.39 is 0 Å². The predicted molar refractivity (Wildman–Crippen MR) is 62.7 cm³/mol. The zero-order valence-corrected chi connectivity index (χ0v) is 9.92. The number of aliphatic hydroxyl groups is 1. The van der Waals surface area contributed by atoms with Gasteiger partial charge in [-0.05, 0) is 25.0 Å². The summed E-state index contributed by atoms with van der Waals surface area (Å²) < 4.78 is 0. The van der Waals surface area contributed by atoms with Gasteiger partial charge in [-0.15, -0.1) is 10.2 Å². The van der Waals surface area contributed by atoms with Crippen LogP contribution in [0.15, 0.2) is 12.1 Å². The minimum absolute atomic E-state index is 0.164. The zero-order chi connectivity index (χ0) is 12.4. The van der Waals surface area contributed by atoms with Crippen molar-refractivity contribution in [2.75, 3.05) is 19.4 Å². The molecular formula is C11H16N4O2. The van der Waals surface area contributed by atoms with E-state index in [0.29, 0.717) is 11.5 Å². The Bertz CT molecular complexity index is 398. The number of nitrogens with one attached hydrogen (secondary N) is 1. The summed E-state index contributed by atoms with van der Waals surface area (Å²) >= 11 is 0. The summed E-state index contributed by atoms with van der Waals surface area (Å²) in [7, 11) is 3.35. The molecule has 6 nitrogen and oxygen atoms in total. The molecule has 0 bridgehead atoms. The van der Waals surface area contributed by atoms with E-state index in [9.17, 15) is 4.79 Å². The van der Waals surface area contributed by atoms with Gasteiger partial charge in [-0.25, -0.2) is 0 Å². The van der Waals surface area contributed by atoms with Crippen LogP contribution < -0.4 is 5.32 Å². The van der Waals surface area contributed by atoms with Gasteiger partial charge in [0.25, 0.3) is 5.91 Å². The van der Waals surface area contributed by atoms with Gasteiger partial charge in [-0.1, -0.05) is 0 Å². The number of carbonyl (C=O) groups excluding carboxylic acids is 1. The molecule has 0 atom stereocenters. The Morgan fingerprint density at radius 1 is 1.41 bits per heavy atom. The van der Waals surface area contributed by atoms with Gasteiger partial charge in [0.1, 0.15) is 5.82 Å². The quantitative estimate of drug-likeness (QED) is 0.779. The summed E-state index contributed by atoms with van der Waals surface area (Å²) in [5.41, 5.74) is 0.328. The number of rotatable bonds is 3. The maximum absolute atomic E-state index is 11.6. The Morgan fingerprint density at radius 2 is 2.12 bits per heavy atom. The fraction of sp³-hybridized carbons (Fsp3) is 0.545. The molecule has 0 unspecified atom stereocenters. The minimum atomic E-state index is -0.199. The van der Waals surface area contributed by atoms with E-state index in [-0.39, 0.29) is 18.1 Å². The van der Waals surface area contributed by atoms with Crippen LogP contribution in [0.5, 0.6) is 0 Å². The molecule has 92 valence electrons. The van der Waals surface area contributed by atoms with Crippen LogP contribution in [0, 0.1) is 0 Å². The number of aliphatic hydroxyl groups excluding tert-OH is 1. The third-order valence-electron chi connectivity index (χ3n) is 2.76. The van der Waals surface area contributed by atoms with Crippen LogP contribution in [0.25, 0.3) is 0 Å². The molecule has 1 aromatic heterocycles. The van der Waals surface area contributed by atoms with Crippen molar-refractivity contribution in [3.05, 3.63) is 17.8 Å². The molecule has 2 rings (SSSR count). The van der Waals surface area contributed by atoms with Crippen molar-refractivity contribution in [3.8, 4) is 0 Å². The van der Waals surface area contributed by atoms with E-state index in [1.807, 2.05) is 0 Å². The van der Waals surface area contributed by atoms with Crippen molar-refractivity contribution < 1.29 is 9.90 Å². The van der Waals surface area contributed by atoms with Crippen molar-refractivity contribution in [2.24, 2.45) is 0 Å². The van der Waals surface area contributed by atoms with E-state index in [1.54, 1.807) is 26.2 Å². The lowest BCUT2D eigenvalue weighted by molar-refractivity contribution is 0.0821. The van der Waals surface area contributed by atoms with Crippen molar-refractivity contribution >= 4 is 11.7 Å². The molecule has 0 spiro atoms. The van der Waals surface area contributed by atoms with Gasteiger partial charge in [-0.2, -0.15) is 0 Å². The fourth-order valence-electron chi connectivity index (χ4n) is 1.67. The molecule has 17 heavy (non-hydrogen) atoms. The number of hydrogen-bond donors (Lipinski definition) is 2. The Balaban J connectivity index is 1.96. The molecule has 0 saturated heterocycles. The van der Waals surface area contributed by atoms with Crippen molar-refractivity contribution in [1.82, 2.24) is 15.1 Å². The van der Waals surface area contributed by atoms with Crippen molar-refractivity contribution in [3.63, 3.8) is 0 Å². The molecule has 0 radical (unpaired) electrons. The van der Waals surface area contributed by atoms with Crippen LogP contribution in [0.3, 0.4) is 0 Å². The van der Waals surface area contributed by atoms with Gasteiger partial charge < -0.3 is 15.3 Å². The highest BCUT2D eigenvalue weighted by Crippen LogP contribution is 2.22. The fourth-order valence-corrected chi connectivity index (χ4v) is 1.67. The summed E-state index contributed by atoms with van der Waals surface area (Å²) in [4.78, 5) is 13.0. The van der Waals surface area contributed by atoms with Gasteiger partial charge >= 0.3 is 0 Å². The molecule has 1 fully saturated rings. The number of amides is 1. The molecule has 1 aliphatic carbocycles. The first-order valence-electron chi connectivity index (χ1n) is 5.56. The first-order chi connectivity index (χ1) is 8.06. The zero-order valence-electron chi connectivity index (χ0n) is 9.92. The maximum Gasteiger partial charge on any atom is 0.273 e. The third-order valence-corrected chi connectivity index (χ3v) is 2.76. The molecule has 1 aromatic rings. The van der Waals surface area contributed by atoms with Crippen molar-refractivity contribution in [2.45, 2.75) is 25.0 Å². The van der Waals surface area contributed by atoms with Crippen LogP contribution in [0.4, 0.5) is 5.82 Å². The second kappa shape index (κ2) is 4.67. The second-order valence-corrected chi connectivity index (χ2v) is 4.47. The van der Waals surface area contributed by atoms with E-state index in [1.165, 1.54) is 4.90 Å². The van der Waals surface area contributed by atoms with Crippen LogP contribution in [0.2, 0.25) is 0 Å². The highest BCUT2D eigenvalue weighted by molar-refractivity contribution is 5.91. The summed E-state index contributed by atoms with van der Waals surface area (Å²) in [5, 5.41) is 20.1. The highest BCUT2D eigenvalue weighted by Gasteiger charge is 2.27. The van der Waals surface area contributed by atoms with E-state index in [0.717, 1.165) is 12.8 Å². The molecule has 0 aromatic carbocycles. The molecule has 1 heterocycles. The van der Waals surface area contributed by atoms with E-state index in [4.69, 9.17) is 5.11 Å². The molecule has 1 saturated carbocycles. The number of carbonyl (C=O) groups is 1. The van der Waals surface area contributed by atoms with Crippen LogP contribution >= 0.6 is 0 Å². The minimum Gasteiger partial charge on any atom is -0.393 e. The summed E-state index contributed by atoms with van der Waals surface area (Å²) in [6.45, 7) is 0. The van der Waals surface area contributed by atoms with E-state index >= 15 is 0 Å². The molecule has 1 amide bonds. The van der Waals surface area contributed by atoms with Crippen LogP contribution in [-0.2, 0) is 0 Å². The van der Waals surface area contributed by atoms with Gasteiger partial charge in [0.15, 0.2) is 5.69 Å². The number of anilines is 1. The van der Waals surface area contributed by atoms with Gasteiger partial charge in [0.2, 0.25) is 0 Å². The monoisotopic (exact) mass is 236 g/mol. The lowest BCUT2D eigenvalue weighted by Gasteiger charge is -2.32. The number of aromatic nitrogens is 2. The molecular weight excluding hydrogens is 220 g/mol. The van der Waals surface area contributed by atoms with Crippen LogP contribution in [0.1, 0.15) is 23.3 Å². The Kier molecular flexibility index (Phi) is 3.23. The first kappa shape index (κ1) is 11.8. The summed E-state index contributed by atoms with van der Waals surface area (Å²) in [6, 6.07) is 3.64. The SMILES string of the molecule is CN(C)C(=O)c1ccc(NC2CC(O)C2)nn1. The molecule has 6 heteroatoms. The standard InChI is InChI=1S/C11H16N4O2/c1-15(2)11(17)9-3-4-10(14-13-9)12-7-5-8(16)6-7/h3-4,7-8,16H,5-6H2,1-2H3,(H,12,14). The lowest BCUT2D eigenvalue weighted by Crippen LogP contribution is -2.39. The lowest BCUT2D eigenvalue weighted by atomic mass is 9.89. The molecule has 2 N–H and O–H groups in total. The Labute approximate surface area is 99.7 Å². The van der Waals surface area contributed by atoms with Crippen LogP contribution in [-0.4, -0.2) is 52.4 Å². The Morgan fingerprint density at radius 3 is 2.59 bits per heavy atom. The van der Waals surface area contributed by atoms with Crippen molar-refractivity contribution in [1.29, 1.82) is 0 Å². The topological polar surface area (TPSA) is 78.4 Å². The predicted octanol–water partition coefficient (Wildman–Crippen LogP) is 0.114.